The van der Waals surface area contributed by atoms with Gasteiger partial charge in [0.15, 0.2) is 0 Å². The van der Waals surface area contributed by atoms with Crippen LogP contribution in [0.15, 0.2) is 24.3 Å². The number of rotatable bonds is 7. The van der Waals surface area contributed by atoms with Gasteiger partial charge in [0.2, 0.25) is 5.91 Å². The van der Waals surface area contributed by atoms with Crippen molar-refractivity contribution < 1.29 is 4.79 Å². The lowest BCUT2D eigenvalue weighted by molar-refractivity contribution is -0.117. The van der Waals surface area contributed by atoms with Crippen molar-refractivity contribution in [3.05, 3.63) is 29.8 Å². The molecule has 1 aromatic rings. The van der Waals surface area contributed by atoms with Crippen LogP contribution < -0.4 is 11.1 Å². The van der Waals surface area contributed by atoms with E-state index >= 15 is 0 Å². The van der Waals surface area contributed by atoms with Crippen molar-refractivity contribution in [2.24, 2.45) is 11.7 Å². The van der Waals surface area contributed by atoms with Crippen LogP contribution in [0.25, 0.3) is 0 Å². The summed E-state index contributed by atoms with van der Waals surface area (Å²) >= 11 is 5.01. The van der Waals surface area contributed by atoms with Crippen molar-refractivity contribution in [2.45, 2.75) is 32.7 Å². The first-order valence-corrected chi connectivity index (χ1v) is 7.81. The standard InChI is InChI=1S/C16H23N3OS/c1-11(2)9-19(12-7-8-12)10-15(20)18-14-6-4-3-5-13(14)16(17)21/h3-6,11-12H,7-10H2,1-2H3,(H2,17,21)(H,18,20). The third-order valence-electron chi connectivity index (χ3n) is 3.48. The first-order valence-electron chi connectivity index (χ1n) is 7.40. The number of para-hydroxylation sites is 1. The number of hydrogen-bond donors (Lipinski definition) is 2. The van der Waals surface area contributed by atoms with Gasteiger partial charge in [0.25, 0.3) is 0 Å². The Hall–Kier alpha value is -1.46. The highest BCUT2D eigenvalue weighted by Crippen LogP contribution is 2.27. The molecule has 0 bridgehead atoms. The van der Waals surface area contributed by atoms with E-state index in [0.717, 1.165) is 6.54 Å². The van der Waals surface area contributed by atoms with Crippen LogP contribution in [0.2, 0.25) is 0 Å². The second kappa shape index (κ2) is 7.00. The topological polar surface area (TPSA) is 58.4 Å². The van der Waals surface area contributed by atoms with Gasteiger partial charge in [-0.2, -0.15) is 0 Å². The van der Waals surface area contributed by atoms with Gasteiger partial charge in [-0.25, -0.2) is 0 Å². The molecular formula is C16H23N3OS. The number of anilines is 1. The lowest BCUT2D eigenvalue weighted by atomic mass is 10.1. The quantitative estimate of drug-likeness (QED) is 0.759. The molecule has 5 heteroatoms. The van der Waals surface area contributed by atoms with E-state index in [0.29, 0.717) is 34.7 Å². The Morgan fingerprint density at radius 3 is 2.67 bits per heavy atom. The molecular weight excluding hydrogens is 282 g/mol. The molecule has 0 aromatic heterocycles. The molecule has 0 saturated heterocycles. The molecule has 0 unspecified atom stereocenters. The largest absolute Gasteiger partial charge is 0.389 e. The molecule has 0 aliphatic heterocycles. The summed E-state index contributed by atoms with van der Waals surface area (Å²) in [6.45, 7) is 5.73. The van der Waals surface area contributed by atoms with Gasteiger partial charge < -0.3 is 11.1 Å². The smallest absolute Gasteiger partial charge is 0.238 e. The second-order valence-electron chi connectivity index (χ2n) is 6.01. The molecule has 21 heavy (non-hydrogen) atoms. The predicted octanol–water partition coefficient (Wildman–Crippen LogP) is 2.38. The molecule has 1 fully saturated rings. The summed E-state index contributed by atoms with van der Waals surface area (Å²) in [5.41, 5.74) is 7.09. The Morgan fingerprint density at radius 1 is 1.43 bits per heavy atom. The Labute approximate surface area is 131 Å². The van der Waals surface area contributed by atoms with Gasteiger partial charge in [0.1, 0.15) is 4.99 Å². The highest BCUT2D eigenvalue weighted by molar-refractivity contribution is 7.80. The highest BCUT2D eigenvalue weighted by Gasteiger charge is 2.30. The minimum Gasteiger partial charge on any atom is -0.389 e. The van der Waals surface area contributed by atoms with Crippen LogP contribution in [0.1, 0.15) is 32.3 Å². The molecule has 0 spiro atoms. The third kappa shape index (κ3) is 4.79. The maximum atomic E-state index is 12.3. The Kier molecular flexibility index (Phi) is 5.31. The molecule has 0 atom stereocenters. The van der Waals surface area contributed by atoms with Crippen molar-refractivity contribution in [1.29, 1.82) is 0 Å². The number of benzene rings is 1. The van der Waals surface area contributed by atoms with E-state index in [1.54, 1.807) is 0 Å². The fourth-order valence-electron chi connectivity index (χ4n) is 2.43. The molecule has 2 rings (SSSR count). The summed E-state index contributed by atoms with van der Waals surface area (Å²) in [7, 11) is 0. The zero-order chi connectivity index (χ0) is 15.4. The van der Waals surface area contributed by atoms with Gasteiger partial charge in [0.05, 0.1) is 12.2 Å². The first-order chi connectivity index (χ1) is 9.97. The summed E-state index contributed by atoms with van der Waals surface area (Å²) in [5.74, 6) is 0.550. The molecule has 0 heterocycles. The van der Waals surface area contributed by atoms with E-state index in [1.807, 2.05) is 24.3 Å². The van der Waals surface area contributed by atoms with Crippen LogP contribution in [0.5, 0.6) is 0 Å². The maximum absolute atomic E-state index is 12.3. The van der Waals surface area contributed by atoms with E-state index in [2.05, 4.69) is 24.1 Å². The number of nitrogens with two attached hydrogens (primary N) is 1. The van der Waals surface area contributed by atoms with Crippen molar-refractivity contribution in [3.63, 3.8) is 0 Å². The summed E-state index contributed by atoms with van der Waals surface area (Å²) in [6.07, 6.45) is 2.40. The fourth-order valence-corrected chi connectivity index (χ4v) is 2.61. The Balaban J connectivity index is 1.99. The van der Waals surface area contributed by atoms with E-state index in [1.165, 1.54) is 12.8 Å². The molecule has 1 aliphatic rings. The Morgan fingerprint density at radius 2 is 2.10 bits per heavy atom. The van der Waals surface area contributed by atoms with Gasteiger partial charge in [-0.15, -0.1) is 0 Å². The summed E-state index contributed by atoms with van der Waals surface area (Å²) in [4.78, 5) is 14.8. The molecule has 1 aromatic carbocycles. The molecule has 1 aliphatic carbocycles. The van der Waals surface area contributed by atoms with Crippen LogP contribution in [0.4, 0.5) is 5.69 Å². The van der Waals surface area contributed by atoms with Gasteiger partial charge in [-0.05, 0) is 30.9 Å². The van der Waals surface area contributed by atoms with E-state index < -0.39 is 0 Å². The minimum absolute atomic E-state index is 0.00810. The monoisotopic (exact) mass is 305 g/mol. The van der Waals surface area contributed by atoms with Crippen LogP contribution in [-0.4, -0.2) is 34.9 Å². The van der Waals surface area contributed by atoms with Gasteiger partial charge >= 0.3 is 0 Å². The van der Waals surface area contributed by atoms with Crippen LogP contribution >= 0.6 is 12.2 Å². The van der Waals surface area contributed by atoms with Gasteiger partial charge in [-0.3, -0.25) is 9.69 Å². The Bertz CT molecular complexity index is 526. The average Bonchev–Trinajstić information content (AvgIpc) is 3.21. The average molecular weight is 305 g/mol. The van der Waals surface area contributed by atoms with E-state index in [-0.39, 0.29) is 5.91 Å². The number of nitrogens with zero attached hydrogens (tertiary/aromatic N) is 1. The molecule has 4 nitrogen and oxygen atoms in total. The molecule has 1 saturated carbocycles. The van der Waals surface area contributed by atoms with Crippen molar-refractivity contribution in [2.75, 3.05) is 18.4 Å². The normalized spacial score (nSPS) is 14.5. The van der Waals surface area contributed by atoms with Gasteiger partial charge in [-0.1, -0.05) is 38.2 Å². The van der Waals surface area contributed by atoms with Crippen molar-refractivity contribution in [3.8, 4) is 0 Å². The maximum Gasteiger partial charge on any atom is 0.238 e. The van der Waals surface area contributed by atoms with Crippen LogP contribution in [-0.2, 0) is 4.79 Å². The van der Waals surface area contributed by atoms with Gasteiger partial charge in [0, 0.05) is 18.2 Å². The van der Waals surface area contributed by atoms with Crippen molar-refractivity contribution >= 4 is 28.8 Å². The molecule has 1 amide bonds. The van der Waals surface area contributed by atoms with Crippen LogP contribution in [0.3, 0.4) is 0 Å². The lowest BCUT2D eigenvalue weighted by Crippen LogP contribution is -2.37. The molecule has 114 valence electrons. The number of nitrogens with one attached hydrogen (secondary N) is 1. The summed E-state index contributed by atoms with van der Waals surface area (Å²) < 4.78 is 0. The molecule has 3 N–H and O–H groups in total. The number of carbonyl (C=O) groups is 1. The second-order valence-corrected chi connectivity index (χ2v) is 6.45. The summed E-state index contributed by atoms with van der Waals surface area (Å²) in [5, 5.41) is 2.93. The number of carbonyl (C=O) groups excluding carboxylic acids is 1. The lowest BCUT2D eigenvalue weighted by Gasteiger charge is -2.23. The first kappa shape index (κ1) is 15.9. The fraction of sp³-hybridized carbons (Fsp3) is 0.500. The zero-order valence-electron chi connectivity index (χ0n) is 12.6. The predicted molar refractivity (Wildman–Crippen MR) is 90.4 cm³/mol. The highest BCUT2D eigenvalue weighted by atomic mass is 32.1. The SMILES string of the molecule is CC(C)CN(CC(=O)Nc1ccccc1C(N)=S)C1CC1. The van der Waals surface area contributed by atoms with E-state index in [4.69, 9.17) is 18.0 Å². The number of thiocarbonyl (C=S) groups is 1. The zero-order valence-corrected chi connectivity index (χ0v) is 13.5. The van der Waals surface area contributed by atoms with E-state index in [9.17, 15) is 4.79 Å². The number of hydrogen-bond acceptors (Lipinski definition) is 3. The van der Waals surface area contributed by atoms with Crippen LogP contribution in [0, 0.1) is 5.92 Å². The van der Waals surface area contributed by atoms with Crippen molar-refractivity contribution in [1.82, 2.24) is 4.90 Å². The third-order valence-corrected chi connectivity index (χ3v) is 3.70. The minimum atomic E-state index is -0.00810. The summed E-state index contributed by atoms with van der Waals surface area (Å²) in [6, 6.07) is 7.95. The molecule has 0 radical (unpaired) electrons. The number of amides is 1.